The van der Waals surface area contributed by atoms with Crippen molar-refractivity contribution < 1.29 is 9.90 Å². The number of hydrogen-bond acceptors (Lipinski definition) is 2. The van der Waals surface area contributed by atoms with Gasteiger partial charge in [-0.05, 0) is 11.1 Å². The Balaban J connectivity index is 2.05. The molecule has 2 aliphatic heterocycles. The highest BCUT2D eigenvalue weighted by atomic mass is 16.3. The first-order valence-corrected chi connectivity index (χ1v) is 6.51. The van der Waals surface area contributed by atoms with Gasteiger partial charge in [0.1, 0.15) is 0 Å². The molecule has 0 saturated carbocycles. The van der Waals surface area contributed by atoms with Crippen LogP contribution in [0.25, 0.3) is 0 Å². The van der Waals surface area contributed by atoms with Crippen molar-refractivity contribution in [3.63, 3.8) is 0 Å². The lowest BCUT2D eigenvalue weighted by molar-refractivity contribution is -0.142. The number of nitrogens with zero attached hydrogens (tertiary/aromatic N) is 1. The number of carbonyl (C=O) groups is 1. The summed E-state index contributed by atoms with van der Waals surface area (Å²) >= 11 is 0. The first-order chi connectivity index (χ1) is 8.41. The van der Waals surface area contributed by atoms with Gasteiger partial charge in [-0.3, -0.25) is 4.79 Å². The second kappa shape index (κ2) is 3.58. The maximum atomic E-state index is 12.6. The predicted octanol–water partition coefficient (Wildman–Crippen LogP) is 2.42. The summed E-state index contributed by atoms with van der Waals surface area (Å²) < 4.78 is 0. The SMILES string of the molecule is CC(C)(C)C(=O)N1[C@@H]2C[C@H](O)[C@H]1c1ccccc12. The maximum absolute atomic E-state index is 12.6. The van der Waals surface area contributed by atoms with Crippen LogP contribution in [0.5, 0.6) is 0 Å². The molecule has 0 unspecified atom stereocenters. The Morgan fingerprint density at radius 1 is 1.28 bits per heavy atom. The van der Waals surface area contributed by atoms with Gasteiger partial charge < -0.3 is 10.0 Å². The molecule has 1 N–H and O–H groups in total. The van der Waals surface area contributed by atoms with Crippen LogP contribution in [-0.2, 0) is 4.79 Å². The quantitative estimate of drug-likeness (QED) is 0.762. The molecule has 0 aromatic heterocycles. The molecule has 2 heterocycles. The van der Waals surface area contributed by atoms with Crippen LogP contribution in [0.4, 0.5) is 0 Å². The number of fused-ring (bicyclic) bond motifs is 5. The van der Waals surface area contributed by atoms with E-state index < -0.39 is 11.5 Å². The molecular formula is C15H19NO2. The lowest BCUT2D eigenvalue weighted by Gasteiger charge is -2.30. The highest BCUT2D eigenvalue weighted by Gasteiger charge is 2.52. The van der Waals surface area contributed by atoms with E-state index in [4.69, 9.17) is 0 Å². The number of rotatable bonds is 0. The smallest absolute Gasteiger partial charge is 0.229 e. The van der Waals surface area contributed by atoms with Crippen molar-refractivity contribution in [1.82, 2.24) is 4.90 Å². The van der Waals surface area contributed by atoms with Crippen LogP contribution >= 0.6 is 0 Å². The van der Waals surface area contributed by atoms with Crippen molar-refractivity contribution in [1.29, 1.82) is 0 Å². The second-order valence-electron chi connectivity index (χ2n) is 6.36. The average Bonchev–Trinajstić information content (AvgIpc) is 2.79. The van der Waals surface area contributed by atoms with Gasteiger partial charge in [-0.15, -0.1) is 0 Å². The molecule has 1 aromatic rings. The largest absolute Gasteiger partial charge is 0.391 e. The van der Waals surface area contributed by atoms with E-state index in [1.165, 1.54) is 5.56 Å². The van der Waals surface area contributed by atoms with E-state index >= 15 is 0 Å². The van der Waals surface area contributed by atoms with Crippen molar-refractivity contribution in [2.45, 2.75) is 45.4 Å². The summed E-state index contributed by atoms with van der Waals surface area (Å²) in [6, 6.07) is 8.02. The van der Waals surface area contributed by atoms with Gasteiger partial charge in [0.05, 0.1) is 18.2 Å². The van der Waals surface area contributed by atoms with E-state index in [-0.39, 0.29) is 18.0 Å². The minimum atomic E-state index is -0.420. The van der Waals surface area contributed by atoms with Crippen molar-refractivity contribution >= 4 is 5.91 Å². The lowest BCUT2D eigenvalue weighted by Crippen LogP contribution is -2.38. The molecule has 1 fully saturated rings. The molecular weight excluding hydrogens is 226 g/mol. The van der Waals surface area contributed by atoms with E-state index in [0.717, 1.165) is 5.56 Å². The van der Waals surface area contributed by atoms with E-state index in [0.29, 0.717) is 6.42 Å². The molecule has 3 rings (SSSR count). The summed E-state index contributed by atoms with van der Waals surface area (Å²) in [6.45, 7) is 5.80. The molecule has 2 aliphatic rings. The number of carbonyl (C=O) groups excluding carboxylic acids is 1. The van der Waals surface area contributed by atoms with E-state index in [9.17, 15) is 9.90 Å². The van der Waals surface area contributed by atoms with Crippen LogP contribution in [0.1, 0.15) is 50.4 Å². The van der Waals surface area contributed by atoms with Gasteiger partial charge in [-0.2, -0.15) is 0 Å². The predicted molar refractivity (Wildman–Crippen MR) is 68.8 cm³/mol. The van der Waals surface area contributed by atoms with E-state index in [1.54, 1.807) is 0 Å². The minimum Gasteiger partial charge on any atom is -0.391 e. The highest BCUT2D eigenvalue weighted by Crippen LogP contribution is 2.54. The Bertz CT molecular complexity index is 503. The van der Waals surface area contributed by atoms with Crippen molar-refractivity contribution in [3.05, 3.63) is 35.4 Å². The van der Waals surface area contributed by atoms with Crippen molar-refractivity contribution in [2.24, 2.45) is 5.41 Å². The summed E-state index contributed by atoms with van der Waals surface area (Å²) in [6.07, 6.45) is 0.250. The Labute approximate surface area is 107 Å². The summed E-state index contributed by atoms with van der Waals surface area (Å²) in [7, 11) is 0. The molecule has 18 heavy (non-hydrogen) atoms. The zero-order valence-corrected chi connectivity index (χ0v) is 11.1. The molecule has 2 bridgehead atoms. The van der Waals surface area contributed by atoms with Crippen molar-refractivity contribution in [2.75, 3.05) is 0 Å². The summed E-state index contributed by atoms with van der Waals surface area (Å²) in [4.78, 5) is 14.5. The highest BCUT2D eigenvalue weighted by molar-refractivity contribution is 5.84. The van der Waals surface area contributed by atoms with Gasteiger partial charge in [0.15, 0.2) is 0 Å². The lowest BCUT2D eigenvalue weighted by atomic mass is 9.90. The van der Waals surface area contributed by atoms with Gasteiger partial charge in [0.2, 0.25) is 5.91 Å². The molecule has 0 spiro atoms. The molecule has 3 heteroatoms. The standard InChI is InChI=1S/C15H19NO2/c1-15(2,3)14(18)16-11-8-12(17)13(16)10-7-5-4-6-9(10)11/h4-7,11-13,17H,8H2,1-3H3/t11-,12+,13-/m1/s1. The summed E-state index contributed by atoms with van der Waals surface area (Å²) in [5, 5.41) is 10.2. The van der Waals surface area contributed by atoms with E-state index in [1.807, 2.05) is 43.9 Å². The summed E-state index contributed by atoms with van der Waals surface area (Å²) in [5.41, 5.74) is 1.94. The third-order valence-electron chi connectivity index (χ3n) is 4.01. The summed E-state index contributed by atoms with van der Waals surface area (Å²) in [5.74, 6) is 0.130. The fourth-order valence-electron chi connectivity index (χ4n) is 3.22. The number of amides is 1. The Morgan fingerprint density at radius 2 is 1.89 bits per heavy atom. The van der Waals surface area contributed by atoms with Gasteiger partial charge >= 0.3 is 0 Å². The van der Waals surface area contributed by atoms with Gasteiger partial charge in [-0.25, -0.2) is 0 Å². The number of aliphatic hydroxyl groups is 1. The number of benzene rings is 1. The average molecular weight is 245 g/mol. The number of aliphatic hydroxyl groups excluding tert-OH is 1. The zero-order valence-electron chi connectivity index (χ0n) is 11.1. The monoisotopic (exact) mass is 245 g/mol. The molecule has 1 saturated heterocycles. The molecule has 0 aliphatic carbocycles. The fraction of sp³-hybridized carbons (Fsp3) is 0.533. The maximum Gasteiger partial charge on any atom is 0.229 e. The molecule has 1 amide bonds. The van der Waals surface area contributed by atoms with Crippen LogP contribution < -0.4 is 0 Å². The van der Waals surface area contributed by atoms with Crippen LogP contribution in [0.15, 0.2) is 24.3 Å². The molecule has 3 nitrogen and oxygen atoms in total. The van der Waals surface area contributed by atoms with Crippen molar-refractivity contribution in [3.8, 4) is 0 Å². The first kappa shape index (κ1) is 11.7. The Kier molecular flexibility index (Phi) is 2.33. The zero-order chi connectivity index (χ0) is 13.1. The van der Waals surface area contributed by atoms with Gasteiger partial charge in [-0.1, -0.05) is 45.0 Å². The van der Waals surface area contributed by atoms with Crippen LogP contribution in [-0.4, -0.2) is 22.0 Å². The molecule has 1 aromatic carbocycles. The second-order valence-corrected chi connectivity index (χ2v) is 6.36. The molecule has 0 radical (unpaired) electrons. The third kappa shape index (κ3) is 1.43. The topological polar surface area (TPSA) is 40.5 Å². The third-order valence-corrected chi connectivity index (χ3v) is 4.01. The molecule has 96 valence electrons. The number of hydrogen-bond donors (Lipinski definition) is 1. The Hall–Kier alpha value is -1.35. The normalized spacial score (nSPS) is 29.6. The van der Waals surface area contributed by atoms with Crippen LogP contribution in [0, 0.1) is 5.41 Å². The van der Waals surface area contributed by atoms with Crippen LogP contribution in [0.2, 0.25) is 0 Å². The van der Waals surface area contributed by atoms with Gasteiger partial charge in [0.25, 0.3) is 0 Å². The first-order valence-electron chi connectivity index (χ1n) is 6.51. The molecule has 3 atom stereocenters. The minimum absolute atomic E-state index is 0.0629. The van der Waals surface area contributed by atoms with E-state index in [2.05, 4.69) is 6.07 Å². The Morgan fingerprint density at radius 3 is 2.50 bits per heavy atom. The fourth-order valence-corrected chi connectivity index (χ4v) is 3.22. The van der Waals surface area contributed by atoms with Crippen LogP contribution in [0.3, 0.4) is 0 Å². The van der Waals surface area contributed by atoms with Gasteiger partial charge in [0, 0.05) is 11.8 Å².